The number of alkyl halides is 3. The van der Waals surface area contributed by atoms with Crippen LogP contribution >= 0.6 is 0 Å². The predicted octanol–water partition coefficient (Wildman–Crippen LogP) is 5.44. The summed E-state index contributed by atoms with van der Waals surface area (Å²) in [6, 6.07) is 4.79. The number of carbonyl (C=O) groups is 1. The molecule has 2 N–H and O–H groups in total. The number of nitrogens with one attached hydrogen (secondary N) is 1. The molecule has 0 atom stereocenters. The third kappa shape index (κ3) is 3.21. The monoisotopic (exact) mass is 412 g/mol. The highest BCUT2D eigenvalue weighted by Gasteiger charge is 2.78. The second-order valence-electron chi connectivity index (χ2n) is 9.69. The number of hydrogen-bond donors (Lipinski definition) is 2. The predicted molar refractivity (Wildman–Crippen MR) is 101 cm³/mol. The highest BCUT2D eigenvalue weighted by molar-refractivity contribution is 5.67. The van der Waals surface area contributed by atoms with E-state index in [9.17, 15) is 23.1 Å². The average molecular weight is 412 g/mol. The van der Waals surface area contributed by atoms with Crippen molar-refractivity contribution in [1.29, 1.82) is 5.26 Å². The molecule has 2 rings (SSSR count). The lowest BCUT2D eigenvalue weighted by Gasteiger charge is -2.75. The number of nitrogens with zero attached hydrogens (tertiary/aromatic N) is 1. The van der Waals surface area contributed by atoms with Crippen molar-refractivity contribution >= 4 is 6.09 Å². The number of amides is 1. The molecule has 0 aliphatic heterocycles. The molecule has 1 saturated carbocycles. The van der Waals surface area contributed by atoms with Crippen molar-refractivity contribution in [3.05, 3.63) is 29.3 Å². The van der Waals surface area contributed by atoms with E-state index in [1.54, 1.807) is 6.07 Å². The number of hydrogen-bond acceptors (Lipinski definition) is 3. The van der Waals surface area contributed by atoms with Crippen molar-refractivity contribution in [2.24, 2.45) is 16.2 Å². The van der Waals surface area contributed by atoms with E-state index in [4.69, 9.17) is 10.00 Å². The maximum atomic E-state index is 13.3. The molecular formula is C21H27F3N2O3. The highest BCUT2D eigenvalue weighted by atomic mass is 19.4. The fourth-order valence-electron chi connectivity index (χ4n) is 6.01. The molecule has 1 aromatic carbocycles. The minimum atomic E-state index is -4.69. The minimum Gasteiger partial charge on any atom is -0.489 e. The zero-order valence-electron chi connectivity index (χ0n) is 17.7. The van der Waals surface area contributed by atoms with Crippen molar-refractivity contribution in [2.75, 3.05) is 0 Å². The SMILES string of the molecule is CC(C)(C)C1(NC(=O)O)C(C)(C)C(Oc2ccc(C#N)c(C(F)(F)F)c2)C1(C)C. The van der Waals surface area contributed by atoms with Gasteiger partial charge in [-0.3, -0.25) is 0 Å². The van der Waals surface area contributed by atoms with Crippen LogP contribution in [0.3, 0.4) is 0 Å². The van der Waals surface area contributed by atoms with Crippen LogP contribution < -0.4 is 10.1 Å². The van der Waals surface area contributed by atoms with E-state index in [0.717, 1.165) is 12.1 Å². The number of nitriles is 1. The van der Waals surface area contributed by atoms with Gasteiger partial charge in [0.1, 0.15) is 11.9 Å². The maximum absolute atomic E-state index is 13.3. The number of carboxylic acid groups (broad SMARTS) is 1. The Balaban J connectivity index is 2.51. The Morgan fingerprint density at radius 3 is 2.07 bits per heavy atom. The van der Waals surface area contributed by atoms with E-state index in [-0.39, 0.29) is 5.75 Å². The molecule has 0 saturated heterocycles. The topological polar surface area (TPSA) is 82.3 Å². The van der Waals surface area contributed by atoms with Gasteiger partial charge in [0.2, 0.25) is 0 Å². The van der Waals surface area contributed by atoms with Crippen LogP contribution in [0.4, 0.5) is 18.0 Å². The van der Waals surface area contributed by atoms with E-state index in [2.05, 4.69) is 5.32 Å². The van der Waals surface area contributed by atoms with Gasteiger partial charge in [0.05, 0.1) is 22.7 Å². The fraction of sp³-hybridized carbons (Fsp3) is 0.619. The zero-order chi connectivity index (χ0) is 22.6. The molecule has 0 aromatic heterocycles. The Hall–Kier alpha value is -2.43. The zero-order valence-corrected chi connectivity index (χ0v) is 17.7. The summed E-state index contributed by atoms with van der Waals surface area (Å²) in [5.74, 6) is -0.0136. The first-order chi connectivity index (χ1) is 12.9. The third-order valence-corrected chi connectivity index (χ3v) is 6.33. The van der Waals surface area contributed by atoms with E-state index in [0.29, 0.717) is 0 Å². The van der Waals surface area contributed by atoms with Gasteiger partial charge in [0, 0.05) is 10.8 Å². The standard InChI is InChI=1S/C21H27F3N2O3/c1-17(2,3)21(26-16(27)28)18(4,5)15(19(21,6)7)29-13-9-8-12(11-25)14(10-13)20(22,23)24/h8-10,15,26H,1-7H3,(H,27,28). The lowest BCUT2D eigenvalue weighted by atomic mass is 9.34. The second kappa shape index (κ2) is 6.54. The molecule has 5 nitrogen and oxygen atoms in total. The van der Waals surface area contributed by atoms with E-state index >= 15 is 0 Å². The number of rotatable bonds is 3. The first kappa shape index (κ1) is 22.9. The van der Waals surface area contributed by atoms with Crippen LogP contribution in [0, 0.1) is 27.6 Å². The van der Waals surface area contributed by atoms with Crippen LogP contribution in [0.1, 0.15) is 59.6 Å². The first-order valence-corrected chi connectivity index (χ1v) is 9.22. The smallest absolute Gasteiger partial charge is 0.417 e. The van der Waals surface area contributed by atoms with Crippen LogP contribution in [-0.4, -0.2) is 22.8 Å². The number of halogens is 3. The van der Waals surface area contributed by atoms with Gasteiger partial charge < -0.3 is 15.2 Å². The molecule has 1 amide bonds. The van der Waals surface area contributed by atoms with Crippen LogP contribution in [0.25, 0.3) is 0 Å². The quantitative estimate of drug-likeness (QED) is 0.692. The molecule has 1 fully saturated rings. The summed E-state index contributed by atoms with van der Waals surface area (Å²) in [6.07, 6.45) is -6.43. The Kier molecular flexibility index (Phi) is 5.16. The average Bonchev–Trinajstić information content (AvgIpc) is 2.54. The first-order valence-electron chi connectivity index (χ1n) is 9.22. The number of benzene rings is 1. The van der Waals surface area contributed by atoms with Gasteiger partial charge in [-0.2, -0.15) is 18.4 Å². The Morgan fingerprint density at radius 2 is 1.69 bits per heavy atom. The largest absolute Gasteiger partial charge is 0.489 e. The van der Waals surface area contributed by atoms with Gasteiger partial charge in [-0.25, -0.2) is 4.79 Å². The van der Waals surface area contributed by atoms with Gasteiger partial charge >= 0.3 is 12.3 Å². The number of ether oxygens (including phenoxy) is 1. The summed E-state index contributed by atoms with van der Waals surface area (Å²) < 4.78 is 45.9. The van der Waals surface area contributed by atoms with Gasteiger partial charge in [-0.05, 0) is 23.6 Å². The van der Waals surface area contributed by atoms with E-state index in [1.165, 1.54) is 6.07 Å². The molecule has 0 unspecified atom stereocenters. The van der Waals surface area contributed by atoms with E-state index < -0.39 is 51.3 Å². The van der Waals surface area contributed by atoms with Crippen LogP contribution in [-0.2, 0) is 6.18 Å². The summed E-state index contributed by atoms with van der Waals surface area (Å²) in [7, 11) is 0. The maximum Gasteiger partial charge on any atom is 0.417 e. The molecule has 160 valence electrons. The molecule has 0 spiro atoms. The Morgan fingerprint density at radius 1 is 1.17 bits per heavy atom. The molecular weight excluding hydrogens is 385 g/mol. The molecule has 1 aliphatic rings. The molecule has 29 heavy (non-hydrogen) atoms. The third-order valence-electron chi connectivity index (χ3n) is 6.33. The van der Waals surface area contributed by atoms with Crippen LogP contribution in [0.15, 0.2) is 18.2 Å². The summed E-state index contributed by atoms with van der Waals surface area (Å²) in [5, 5.41) is 21.2. The lowest BCUT2D eigenvalue weighted by Crippen LogP contribution is -2.87. The second-order valence-corrected chi connectivity index (χ2v) is 9.69. The van der Waals surface area contributed by atoms with Crippen LogP contribution in [0.5, 0.6) is 5.75 Å². The molecule has 0 bridgehead atoms. The normalized spacial score (nSPS) is 25.5. The lowest BCUT2D eigenvalue weighted by molar-refractivity contribution is -0.264. The Labute approximate surface area is 168 Å². The summed E-state index contributed by atoms with van der Waals surface area (Å²) in [6.45, 7) is 13.2. The van der Waals surface area contributed by atoms with Gasteiger partial charge in [-0.1, -0.05) is 48.5 Å². The van der Waals surface area contributed by atoms with Crippen molar-refractivity contribution in [2.45, 2.75) is 66.3 Å². The van der Waals surface area contributed by atoms with Crippen molar-refractivity contribution in [3.63, 3.8) is 0 Å². The van der Waals surface area contributed by atoms with Crippen molar-refractivity contribution < 1.29 is 27.8 Å². The van der Waals surface area contributed by atoms with Crippen molar-refractivity contribution in [3.8, 4) is 11.8 Å². The van der Waals surface area contributed by atoms with Gasteiger partial charge in [0.15, 0.2) is 0 Å². The molecule has 1 aromatic rings. The highest BCUT2D eigenvalue weighted by Crippen LogP contribution is 2.68. The summed E-state index contributed by atoms with van der Waals surface area (Å²) in [4.78, 5) is 11.6. The Bertz CT molecular complexity index is 845. The van der Waals surface area contributed by atoms with Gasteiger partial charge in [0.25, 0.3) is 0 Å². The summed E-state index contributed by atoms with van der Waals surface area (Å²) in [5.41, 5.74) is -4.41. The molecule has 1 aliphatic carbocycles. The minimum absolute atomic E-state index is 0.0136. The molecule has 0 radical (unpaired) electrons. The molecule has 8 heteroatoms. The van der Waals surface area contributed by atoms with Crippen molar-refractivity contribution in [1.82, 2.24) is 5.32 Å². The molecule has 0 heterocycles. The fourth-order valence-corrected chi connectivity index (χ4v) is 6.01. The summed E-state index contributed by atoms with van der Waals surface area (Å²) >= 11 is 0. The van der Waals surface area contributed by atoms with Crippen LogP contribution in [0.2, 0.25) is 0 Å². The van der Waals surface area contributed by atoms with Gasteiger partial charge in [-0.15, -0.1) is 0 Å². The van der Waals surface area contributed by atoms with E-state index in [1.807, 2.05) is 48.5 Å².